The zero-order valence-corrected chi connectivity index (χ0v) is 12.9. The first-order valence-corrected chi connectivity index (χ1v) is 10.8. The van der Waals surface area contributed by atoms with Crippen molar-refractivity contribution in [3.63, 3.8) is 0 Å². The van der Waals surface area contributed by atoms with Crippen molar-refractivity contribution < 1.29 is 28.3 Å². The van der Waals surface area contributed by atoms with E-state index in [-0.39, 0.29) is 11.2 Å². The van der Waals surface area contributed by atoms with Gasteiger partial charge >= 0.3 is 121 Å². The molecule has 10 heteroatoms. The number of anilines is 1. The third-order valence-corrected chi connectivity index (χ3v) is 8.15. The van der Waals surface area contributed by atoms with Crippen molar-refractivity contribution in [1.82, 2.24) is 0 Å². The fourth-order valence-electron chi connectivity index (χ4n) is 1.32. The molecule has 0 aliphatic carbocycles. The van der Waals surface area contributed by atoms with Gasteiger partial charge in [-0.05, 0) is 0 Å². The van der Waals surface area contributed by atoms with Gasteiger partial charge in [0.15, 0.2) is 0 Å². The first kappa shape index (κ1) is 17.6. The molecule has 0 spiro atoms. The van der Waals surface area contributed by atoms with Crippen molar-refractivity contribution >= 4 is 33.0 Å². The first-order valence-electron chi connectivity index (χ1n) is 5.53. The molecule has 7 nitrogen and oxygen atoms in total. The summed E-state index contributed by atoms with van der Waals surface area (Å²) < 4.78 is 30.6. The molecule has 0 fully saturated rings. The van der Waals surface area contributed by atoms with Crippen LogP contribution in [0.2, 0.25) is 0 Å². The van der Waals surface area contributed by atoms with E-state index in [0.717, 1.165) is 0 Å². The van der Waals surface area contributed by atoms with E-state index in [1.54, 1.807) is 0 Å². The molecule has 0 aromatic heterocycles. The number of nitrogens with one attached hydrogen (secondary N) is 1. The fourth-order valence-corrected chi connectivity index (χ4v) is 3.12. The van der Waals surface area contributed by atoms with Crippen molar-refractivity contribution in [2.75, 3.05) is 30.6 Å². The van der Waals surface area contributed by atoms with E-state index in [4.69, 9.17) is 15.8 Å². The van der Waals surface area contributed by atoms with E-state index in [2.05, 4.69) is 5.32 Å². The summed E-state index contributed by atoms with van der Waals surface area (Å²) in [6.07, 6.45) is -1.62. The van der Waals surface area contributed by atoms with Crippen molar-refractivity contribution in [1.29, 1.82) is 0 Å². The second-order valence-corrected chi connectivity index (χ2v) is 13.7. The summed E-state index contributed by atoms with van der Waals surface area (Å²) in [5, 5.41) is 30.8. The van der Waals surface area contributed by atoms with E-state index in [9.17, 15) is 23.7 Å². The third-order valence-electron chi connectivity index (χ3n) is 2.89. The Balaban J connectivity index is 2.85. The predicted molar refractivity (Wildman–Crippen MR) is 78.8 cm³/mol. The molecule has 0 atom stereocenters. The minimum absolute atomic E-state index is 0.0259. The number of aliphatic hydroxyl groups excluding tert-OH is 3. The van der Waals surface area contributed by atoms with Crippen LogP contribution >= 0.6 is 17.2 Å². The molecule has 0 saturated carbocycles. The van der Waals surface area contributed by atoms with Crippen molar-refractivity contribution in [2.45, 2.75) is 4.90 Å². The summed E-state index contributed by atoms with van der Waals surface area (Å²) >= 11 is 6.19. The van der Waals surface area contributed by atoms with Crippen molar-refractivity contribution in [2.24, 2.45) is 0 Å². The number of aliphatic hydroxyl groups is 3. The molecular weight excluding hydrogens is 329 g/mol. The van der Waals surface area contributed by atoms with Crippen molar-refractivity contribution in [3.8, 4) is 0 Å². The number of hydrogen-bond acceptors (Lipinski definition) is 6. The van der Waals surface area contributed by atoms with Crippen molar-refractivity contribution in [3.05, 3.63) is 24.3 Å². The Bertz CT molecular complexity index is 549. The Kier molecular flexibility index (Phi) is 5.37. The van der Waals surface area contributed by atoms with Gasteiger partial charge in [-0.1, -0.05) is 0 Å². The Morgan fingerprint density at radius 2 is 1.50 bits per heavy atom. The maximum atomic E-state index is 10.9. The topological polar surface area (TPSA) is 127 Å². The van der Waals surface area contributed by atoms with Gasteiger partial charge in [-0.2, -0.15) is 0 Å². The van der Waals surface area contributed by atoms with Crippen LogP contribution in [0.15, 0.2) is 29.2 Å². The summed E-state index contributed by atoms with van der Waals surface area (Å²) in [6.45, 7) is 0. The summed E-state index contributed by atoms with van der Waals surface area (Å²) in [5.74, 6) is -3.56. The van der Waals surface area contributed by atoms with E-state index >= 15 is 0 Å². The van der Waals surface area contributed by atoms with E-state index in [1.807, 2.05) is 0 Å². The van der Waals surface area contributed by atoms with Crippen LogP contribution in [0.3, 0.4) is 0 Å². The molecule has 0 radical (unpaired) electrons. The molecule has 0 bridgehead atoms. The normalized spacial score (nSPS) is 14.6. The van der Waals surface area contributed by atoms with Gasteiger partial charge in [-0.3, -0.25) is 0 Å². The zero-order chi connectivity index (χ0) is 15.5. The second-order valence-electron chi connectivity index (χ2n) is 4.58. The number of rotatable bonds is 7. The standard InChI is InChI=1S/C10H17ClNO6PS/c11-19(6-13,7-14,8-15)5-12-9-1-3-10(4-2-9)20(16,17)18/h1-4,12-15H,5-8H2,(H,16,17,18). The Hall–Kier alpha value is -0.470. The summed E-state index contributed by atoms with van der Waals surface area (Å²) in [4.78, 5) is -0.252. The van der Waals surface area contributed by atoms with Gasteiger partial charge in [0.1, 0.15) is 0 Å². The Morgan fingerprint density at radius 3 is 1.85 bits per heavy atom. The van der Waals surface area contributed by atoms with Gasteiger partial charge in [-0.25, -0.2) is 0 Å². The summed E-state index contributed by atoms with van der Waals surface area (Å²) in [6, 6.07) is 5.18. The Morgan fingerprint density at radius 1 is 1.05 bits per heavy atom. The van der Waals surface area contributed by atoms with Gasteiger partial charge in [0, 0.05) is 0 Å². The van der Waals surface area contributed by atoms with Crippen LogP contribution in [-0.4, -0.2) is 53.6 Å². The van der Waals surface area contributed by atoms with E-state index in [0.29, 0.717) is 5.69 Å². The third kappa shape index (κ3) is 4.02. The number of benzene rings is 1. The number of hydrogen-bond donors (Lipinski definition) is 5. The van der Waals surface area contributed by atoms with Crippen LogP contribution in [0.5, 0.6) is 0 Å². The van der Waals surface area contributed by atoms with Crippen LogP contribution in [-0.2, 0) is 10.1 Å². The van der Waals surface area contributed by atoms with Crippen LogP contribution in [0, 0.1) is 0 Å². The van der Waals surface area contributed by atoms with Crippen LogP contribution in [0.25, 0.3) is 0 Å². The molecule has 5 N–H and O–H groups in total. The predicted octanol–water partition coefficient (Wildman–Crippen LogP) is 0.859. The van der Waals surface area contributed by atoms with Gasteiger partial charge < -0.3 is 0 Å². The molecule has 0 saturated heterocycles. The van der Waals surface area contributed by atoms with Gasteiger partial charge in [0.2, 0.25) is 0 Å². The van der Waals surface area contributed by atoms with Crippen LogP contribution in [0.1, 0.15) is 0 Å². The van der Waals surface area contributed by atoms with Gasteiger partial charge in [-0.15, -0.1) is 0 Å². The van der Waals surface area contributed by atoms with E-state index < -0.39 is 35.1 Å². The summed E-state index contributed by atoms with van der Waals surface area (Å²) in [5.41, 5.74) is 0.474. The molecule has 0 aliphatic heterocycles. The molecule has 20 heavy (non-hydrogen) atoms. The summed E-state index contributed by atoms with van der Waals surface area (Å²) in [7, 11) is -4.25. The maximum absolute atomic E-state index is 10.9. The van der Waals surface area contributed by atoms with Gasteiger partial charge in [0.25, 0.3) is 0 Å². The second kappa shape index (κ2) is 6.11. The monoisotopic (exact) mass is 345 g/mol. The van der Waals surface area contributed by atoms with Gasteiger partial charge in [0.05, 0.1) is 0 Å². The van der Waals surface area contributed by atoms with Crippen LogP contribution in [0.4, 0.5) is 5.69 Å². The SMILES string of the molecule is O=S(=O)(O)c1ccc(NCP(Cl)(CO)(CO)CO)cc1. The van der Waals surface area contributed by atoms with E-state index in [1.165, 1.54) is 24.3 Å². The molecule has 0 unspecified atom stereocenters. The minimum atomic E-state index is -4.25. The molecular formula is C10H17ClNO6PS. The molecule has 1 aromatic carbocycles. The Labute approximate surface area is 121 Å². The molecule has 1 rings (SSSR count). The number of halogens is 1. The molecule has 0 heterocycles. The molecule has 1 aromatic rings. The van der Waals surface area contributed by atoms with Crippen LogP contribution < -0.4 is 5.32 Å². The molecule has 0 aliphatic rings. The first-order chi connectivity index (χ1) is 9.16. The average molecular weight is 346 g/mol. The zero-order valence-electron chi connectivity index (χ0n) is 10.5. The molecule has 116 valence electrons. The average Bonchev–Trinajstić information content (AvgIpc) is 2.45. The molecule has 0 amide bonds. The fraction of sp³-hybridized carbons (Fsp3) is 0.400. The quantitative estimate of drug-likeness (QED) is 0.366.